The quantitative estimate of drug-likeness (QED) is 0.685. The van der Waals surface area contributed by atoms with Crippen molar-refractivity contribution in [3.63, 3.8) is 0 Å². The lowest BCUT2D eigenvalue weighted by atomic mass is 9.72. The molecule has 0 spiro atoms. The van der Waals surface area contributed by atoms with Crippen LogP contribution in [0.15, 0.2) is 60.1 Å². The van der Waals surface area contributed by atoms with E-state index in [0.29, 0.717) is 5.56 Å². The highest BCUT2D eigenvalue weighted by molar-refractivity contribution is 6.31. The fraction of sp³-hybridized carbons (Fsp3) is 0.333. The maximum atomic E-state index is 14.8. The first-order valence-corrected chi connectivity index (χ1v) is 10.9. The predicted molar refractivity (Wildman–Crippen MR) is 118 cm³/mol. The van der Waals surface area contributed by atoms with Gasteiger partial charge in [0, 0.05) is 29.5 Å². The van der Waals surface area contributed by atoms with Gasteiger partial charge in [0.05, 0.1) is 17.7 Å². The normalized spacial score (nSPS) is 22.1. The molecule has 6 nitrogen and oxygen atoms in total. The molecule has 0 bridgehead atoms. The number of hydrogen-bond acceptors (Lipinski definition) is 4. The van der Waals surface area contributed by atoms with Gasteiger partial charge in [-0.1, -0.05) is 43.6 Å². The number of alkyl halides is 3. The number of amides is 2. The van der Waals surface area contributed by atoms with E-state index in [1.54, 1.807) is 38.1 Å². The number of halogens is 4. The zero-order valence-corrected chi connectivity index (χ0v) is 19.1. The Morgan fingerprint density at radius 2 is 1.85 bits per heavy atom. The maximum absolute atomic E-state index is 14.8. The summed E-state index contributed by atoms with van der Waals surface area (Å²) in [6.07, 6.45) is -2.99. The lowest BCUT2D eigenvalue weighted by Crippen LogP contribution is -2.66. The van der Waals surface area contributed by atoms with Crippen molar-refractivity contribution in [1.29, 1.82) is 0 Å². The van der Waals surface area contributed by atoms with Crippen LogP contribution in [0.5, 0.6) is 0 Å². The van der Waals surface area contributed by atoms with E-state index in [1.807, 2.05) is 5.32 Å². The van der Waals surface area contributed by atoms with Gasteiger partial charge in [0.2, 0.25) is 5.54 Å². The zero-order chi connectivity index (χ0) is 24.9. The van der Waals surface area contributed by atoms with Crippen LogP contribution in [0, 0.1) is 5.41 Å². The number of ketones is 1. The Morgan fingerprint density at radius 3 is 2.47 bits per heavy atom. The summed E-state index contributed by atoms with van der Waals surface area (Å²) in [5, 5.41) is 2.15. The second kappa shape index (κ2) is 8.23. The summed E-state index contributed by atoms with van der Waals surface area (Å²) in [5.41, 5.74) is -4.72. The van der Waals surface area contributed by atoms with E-state index >= 15 is 0 Å². The number of carbonyl (C=O) groups excluding carboxylic acids is 3. The van der Waals surface area contributed by atoms with Gasteiger partial charge in [0.25, 0.3) is 11.8 Å². The Balaban J connectivity index is 1.89. The number of benzene rings is 1. The third-order valence-electron chi connectivity index (χ3n) is 6.06. The molecule has 0 unspecified atom stereocenters. The number of Topliss-reactive ketones (excluding diaryl/α,β-unsaturated/α-hetero) is 1. The summed E-state index contributed by atoms with van der Waals surface area (Å²) in [5.74, 6) is -3.43. The van der Waals surface area contributed by atoms with Crippen LogP contribution in [0.1, 0.15) is 42.6 Å². The molecule has 2 heterocycles. The van der Waals surface area contributed by atoms with Crippen molar-refractivity contribution >= 4 is 29.2 Å². The Labute approximate surface area is 198 Å². The average Bonchev–Trinajstić information content (AvgIpc) is 2.98. The van der Waals surface area contributed by atoms with Gasteiger partial charge in [0.15, 0.2) is 5.78 Å². The smallest absolute Gasteiger partial charge is 0.326 e. The number of allylic oxidation sites excluding steroid dienone is 1. The monoisotopic (exact) mass is 491 g/mol. The van der Waals surface area contributed by atoms with Gasteiger partial charge in [-0.25, -0.2) is 0 Å². The van der Waals surface area contributed by atoms with E-state index in [4.69, 9.17) is 11.6 Å². The fourth-order valence-electron chi connectivity index (χ4n) is 4.53. The van der Waals surface area contributed by atoms with E-state index in [1.165, 1.54) is 18.3 Å². The Bertz CT molecular complexity index is 1210. The minimum Gasteiger partial charge on any atom is -0.326 e. The Kier molecular flexibility index (Phi) is 5.80. The molecule has 0 fully saturated rings. The number of nitrogens with zero attached hydrogens (tertiary/aromatic N) is 2. The Morgan fingerprint density at radius 1 is 1.15 bits per heavy atom. The number of rotatable bonds is 4. The van der Waals surface area contributed by atoms with Crippen molar-refractivity contribution in [3.8, 4) is 0 Å². The topological polar surface area (TPSA) is 79.4 Å². The molecule has 2 aliphatic rings. The molecule has 0 saturated heterocycles. The third kappa shape index (κ3) is 3.87. The summed E-state index contributed by atoms with van der Waals surface area (Å²) < 4.78 is 44.3. The molecular weight excluding hydrogens is 471 g/mol. The first kappa shape index (κ1) is 23.9. The molecule has 1 aromatic carbocycles. The molecular formula is C24H21ClF3N3O3. The molecule has 1 aliphatic carbocycles. The third-order valence-corrected chi connectivity index (χ3v) is 6.42. The van der Waals surface area contributed by atoms with Gasteiger partial charge < -0.3 is 10.2 Å². The summed E-state index contributed by atoms with van der Waals surface area (Å²) in [4.78, 5) is 44.3. The number of pyridine rings is 1. The molecule has 1 aromatic heterocycles. The van der Waals surface area contributed by atoms with Crippen LogP contribution in [-0.2, 0) is 16.1 Å². The number of aromatic nitrogens is 1. The molecule has 178 valence electrons. The summed E-state index contributed by atoms with van der Waals surface area (Å²) in [6, 6.07) is 9.11. The van der Waals surface area contributed by atoms with Gasteiger partial charge in [-0.15, -0.1) is 0 Å². The first-order valence-electron chi connectivity index (χ1n) is 10.5. The zero-order valence-electron chi connectivity index (χ0n) is 18.4. The van der Waals surface area contributed by atoms with Gasteiger partial charge in [0.1, 0.15) is 0 Å². The van der Waals surface area contributed by atoms with Crippen molar-refractivity contribution < 1.29 is 27.6 Å². The van der Waals surface area contributed by atoms with Crippen LogP contribution in [-0.4, -0.2) is 39.2 Å². The molecule has 1 aliphatic heterocycles. The van der Waals surface area contributed by atoms with E-state index in [0.717, 1.165) is 11.1 Å². The van der Waals surface area contributed by atoms with Crippen LogP contribution < -0.4 is 5.32 Å². The predicted octanol–water partition coefficient (Wildman–Crippen LogP) is 4.45. The number of nitrogens with one attached hydrogen (secondary N) is 1. The van der Waals surface area contributed by atoms with Gasteiger partial charge >= 0.3 is 6.18 Å². The van der Waals surface area contributed by atoms with Crippen LogP contribution >= 0.6 is 11.6 Å². The van der Waals surface area contributed by atoms with Gasteiger partial charge in [-0.3, -0.25) is 19.4 Å². The largest absolute Gasteiger partial charge is 0.425 e. The summed E-state index contributed by atoms with van der Waals surface area (Å²) in [6.45, 7) is 3.21. The highest BCUT2D eigenvalue weighted by atomic mass is 35.5. The molecule has 1 atom stereocenters. The minimum atomic E-state index is -5.28. The molecule has 2 aromatic rings. The second-order valence-electron chi connectivity index (χ2n) is 9.19. The van der Waals surface area contributed by atoms with Crippen LogP contribution in [0.3, 0.4) is 0 Å². The molecule has 4 rings (SSSR count). The molecule has 0 radical (unpaired) electrons. The lowest BCUT2D eigenvalue weighted by Gasteiger charge is -2.35. The summed E-state index contributed by atoms with van der Waals surface area (Å²) in [7, 11) is 0. The molecule has 2 amide bonds. The van der Waals surface area contributed by atoms with E-state index in [-0.39, 0.29) is 35.7 Å². The first-order chi connectivity index (χ1) is 15.9. The highest BCUT2D eigenvalue weighted by Crippen LogP contribution is 2.52. The lowest BCUT2D eigenvalue weighted by molar-refractivity contribution is -0.190. The second-order valence-corrected chi connectivity index (χ2v) is 9.60. The van der Waals surface area contributed by atoms with Crippen LogP contribution in [0.4, 0.5) is 13.2 Å². The van der Waals surface area contributed by atoms with Crippen molar-refractivity contribution in [3.05, 3.63) is 76.2 Å². The minimum absolute atomic E-state index is 0.0463. The van der Waals surface area contributed by atoms with Crippen molar-refractivity contribution in [2.45, 2.75) is 44.9 Å². The van der Waals surface area contributed by atoms with Crippen LogP contribution in [0.25, 0.3) is 0 Å². The molecule has 10 heteroatoms. The maximum Gasteiger partial charge on any atom is 0.425 e. The van der Waals surface area contributed by atoms with E-state index in [9.17, 15) is 27.6 Å². The van der Waals surface area contributed by atoms with Gasteiger partial charge in [-0.05, 0) is 35.6 Å². The molecule has 34 heavy (non-hydrogen) atoms. The average molecular weight is 492 g/mol. The SMILES string of the molecule is CC1(C)CC(=O)C2=C(C1)N(Cc1ccccc1Cl)C(=O)[C@]2(NC(=O)c1cccnc1)C(F)(F)F. The standard InChI is InChI=1S/C24H21ClF3N3O3/c1-22(2)10-17-19(18(32)11-22)23(24(26,27)28,30-20(33)14-7-5-9-29-12-14)21(34)31(17)13-15-6-3-4-8-16(15)25/h3-9,12H,10-11,13H2,1-2H3,(H,30,33)/t23-/m0/s1. The van der Waals surface area contributed by atoms with Crippen molar-refractivity contribution in [2.75, 3.05) is 0 Å². The number of hydrogen-bond donors (Lipinski definition) is 1. The Hall–Kier alpha value is -3.20. The van der Waals surface area contributed by atoms with E-state index < -0.39 is 40.3 Å². The van der Waals surface area contributed by atoms with Crippen molar-refractivity contribution in [2.24, 2.45) is 5.41 Å². The van der Waals surface area contributed by atoms with Gasteiger partial charge in [-0.2, -0.15) is 13.2 Å². The summed E-state index contributed by atoms with van der Waals surface area (Å²) >= 11 is 6.22. The van der Waals surface area contributed by atoms with Crippen molar-refractivity contribution in [1.82, 2.24) is 15.2 Å². The molecule has 1 N–H and O–H groups in total. The number of carbonyl (C=O) groups is 3. The van der Waals surface area contributed by atoms with Crippen LogP contribution in [0.2, 0.25) is 5.02 Å². The highest BCUT2D eigenvalue weighted by Gasteiger charge is 2.71. The molecule has 0 saturated carbocycles. The fourth-order valence-corrected chi connectivity index (χ4v) is 4.73. The van der Waals surface area contributed by atoms with E-state index in [2.05, 4.69) is 4.98 Å².